The zero-order valence-corrected chi connectivity index (χ0v) is 12.1. The fourth-order valence-electron chi connectivity index (χ4n) is 1.64. The van der Waals surface area contributed by atoms with Gasteiger partial charge in [-0.05, 0) is 46.6 Å². The minimum absolute atomic E-state index is 0.342. The summed E-state index contributed by atoms with van der Waals surface area (Å²) in [6, 6.07) is 5.38. The quantitative estimate of drug-likeness (QED) is 0.726. The Morgan fingerprint density at radius 1 is 1.15 bits per heavy atom. The van der Waals surface area contributed by atoms with Crippen molar-refractivity contribution in [1.82, 2.24) is 20.1 Å². The SMILES string of the molecule is Cc1cnc(-c2noc(-c3cc(N)ccc3Br)n2)nc1. The third kappa shape index (κ3) is 2.39. The van der Waals surface area contributed by atoms with Gasteiger partial charge in [0.25, 0.3) is 5.89 Å². The van der Waals surface area contributed by atoms with E-state index in [0.717, 1.165) is 15.6 Å². The topological polar surface area (TPSA) is 90.7 Å². The van der Waals surface area contributed by atoms with Crippen LogP contribution in [0.25, 0.3) is 23.1 Å². The van der Waals surface area contributed by atoms with E-state index in [4.69, 9.17) is 10.3 Å². The van der Waals surface area contributed by atoms with Crippen LogP contribution in [0.4, 0.5) is 5.69 Å². The molecule has 20 heavy (non-hydrogen) atoms. The van der Waals surface area contributed by atoms with E-state index in [1.165, 1.54) is 0 Å². The van der Waals surface area contributed by atoms with E-state index in [-0.39, 0.29) is 0 Å². The van der Waals surface area contributed by atoms with Crippen molar-refractivity contribution in [1.29, 1.82) is 0 Å². The number of halogens is 1. The van der Waals surface area contributed by atoms with Crippen molar-refractivity contribution in [2.45, 2.75) is 6.92 Å². The lowest BCUT2D eigenvalue weighted by Gasteiger charge is -1.99. The van der Waals surface area contributed by atoms with Crippen LogP contribution in [0.5, 0.6) is 0 Å². The normalized spacial score (nSPS) is 10.7. The summed E-state index contributed by atoms with van der Waals surface area (Å²) in [5, 5.41) is 3.89. The Bertz CT molecular complexity index is 754. The van der Waals surface area contributed by atoms with Gasteiger partial charge in [-0.25, -0.2) is 9.97 Å². The molecular formula is C13H10BrN5O. The van der Waals surface area contributed by atoms with E-state index in [1.807, 2.05) is 13.0 Å². The van der Waals surface area contributed by atoms with Gasteiger partial charge >= 0.3 is 0 Å². The molecule has 0 fully saturated rings. The minimum Gasteiger partial charge on any atom is -0.399 e. The molecule has 100 valence electrons. The van der Waals surface area contributed by atoms with Crippen molar-refractivity contribution >= 4 is 21.6 Å². The molecule has 0 radical (unpaired) electrons. The first-order valence-electron chi connectivity index (χ1n) is 5.81. The summed E-state index contributed by atoms with van der Waals surface area (Å²) in [4.78, 5) is 12.6. The maximum Gasteiger partial charge on any atom is 0.259 e. The summed E-state index contributed by atoms with van der Waals surface area (Å²) < 4.78 is 6.07. The zero-order valence-electron chi connectivity index (χ0n) is 10.5. The van der Waals surface area contributed by atoms with Gasteiger partial charge in [-0.1, -0.05) is 5.16 Å². The first kappa shape index (κ1) is 12.7. The van der Waals surface area contributed by atoms with E-state index < -0.39 is 0 Å². The van der Waals surface area contributed by atoms with E-state index in [0.29, 0.717) is 23.2 Å². The second kappa shape index (κ2) is 5.01. The highest BCUT2D eigenvalue weighted by Gasteiger charge is 2.15. The maximum atomic E-state index is 5.76. The van der Waals surface area contributed by atoms with Gasteiger partial charge in [0, 0.05) is 22.6 Å². The lowest BCUT2D eigenvalue weighted by Crippen LogP contribution is -1.91. The molecule has 0 saturated carbocycles. The molecular weight excluding hydrogens is 322 g/mol. The number of nitrogens with two attached hydrogens (primary N) is 1. The van der Waals surface area contributed by atoms with E-state index in [2.05, 4.69) is 36.0 Å². The summed E-state index contributed by atoms with van der Waals surface area (Å²) in [5.41, 5.74) is 8.08. The maximum absolute atomic E-state index is 5.76. The van der Waals surface area contributed by atoms with Crippen molar-refractivity contribution in [2.24, 2.45) is 0 Å². The van der Waals surface area contributed by atoms with Crippen LogP contribution in [-0.2, 0) is 0 Å². The Morgan fingerprint density at radius 3 is 2.65 bits per heavy atom. The molecule has 0 aliphatic carbocycles. The molecule has 0 atom stereocenters. The van der Waals surface area contributed by atoms with Gasteiger partial charge in [-0.15, -0.1) is 0 Å². The molecule has 0 amide bonds. The fourth-order valence-corrected chi connectivity index (χ4v) is 2.05. The Hall–Kier alpha value is -2.28. The van der Waals surface area contributed by atoms with E-state index in [9.17, 15) is 0 Å². The first-order chi connectivity index (χ1) is 9.63. The Kier molecular flexibility index (Phi) is 3.19. The smallest absolute Gasteiger partial charge is 0.259 e. The highest BCUT2D eigenvalue weighted by Crippen LogP contribution is 2.29. The number of aryl methyl sites for hydroxylation is 1. The standard InChI is InChI=1S/C13H10BrN5O/c1-7-5-16-11(17-6-7)12-18-13(20-19-12)9-4-8(15)2-3-10(9)14/h2-6H,15H2,1H3. The van der Waals surface area contributed by atoms with Crippen molar-refractivity contribution in [3.05, 3.63) is 40.6 Å². The second-order valence-electron chi connectivity index (χ2n) is 4.25. The number of aromatic nitrogens is 4. The first-order valence-corrected chi connectivity index (χ1v) is 6.61. The third-order valence-corrected chi connectivity index (χ3v) is 3.32. The number of hydrogen-bond acceptors (Lipinski definition) is 6. The highest BCUT2D eigenvalue weighted by atomic mass is 79.9. The van der Waals surface area contributed by atoms with E-state index in [1.54, 1.807) is 24.5 Å². The van der Waals surface area contributed by atoms with Crippen molar-refractivity contribution < 1.29 is 4.52 Å². The highest BCUT2D eigenvalue weighted by molar-refractivity contribution is 9.10. The van der Waals surface area contributed by atoms with Gasteiger partial charge < -0.3 is 10.3 Å². The number of nitrogen functional groups attached to an aromatic ring is 1. The zero-order chi connectivity index (χ0) is 14.1. The molecule has 0 aliphatic heterocycles. The molecule has 0 spiro atoms. The molecule has 7 heteroatoms. The van der Waals surface area contributed by atoms with Crippen LogP contribution in [0.15, 0.2) is 39.6 Å². The number of hydrogen-bond donors (Lipinski definition) is 1. The van der Waals surface area contributed by atoms with Gasteiger partial charge in [0.1, 0.15) is 0 Å². The molecule has 0 bridgehead atoms. The molecule has 6 nitrogen and oxygen atoms in total. The Labute approximate surface area is 123 Å². The van der Waals surface area contributed by atoms with Crippen LogP contribution < -0.4 is 5.73 Å². The van der Waals surface area contributed by atoms with Crippen LogP contribution in [0.1, 0.15) is 5.56 Å². The Balaban J connectivity index is 2.01. The number of benzene rings is 1. The monoisotopic (exact) mass is 331 g/mol. The third-order valence-electron chi connectivity index (χ3n) is 2.63. The molecule has 0 unspecified atom stereocenters. The predicted octanol–water partition coefficient (Wildman–Crippen LogP) is 2.85. The lowest BCUT2D eigenvalue weighted by atomic mass is 10.2. The Morgan fingerprint density at radius 2 is 1.90 bits per heavy atom. The number of rotatable bonds is 2. The fraction of sp³-hybridized carbons (Fsp3) is 0.0769. The summed E-state index contributed by atoms with van der Waals surface area (Å²) in [7, 11) is 0. The summed E-state index contributed by atoms with van der Waals surface area (Å²) in [6.07, 6.45) is 3.41. The molecule has 2 N–H and O–H groups in total. The van der Waals surface area contributed by atoms with Crippen molar-refractivity contribution in [2.75, 3.05) is 5.73 Å². The van der Waals surface area contributed by atoms with Crippen LogP contribution in [0, 0.1) is 6.92 Å². The molecule has 0 aliphatic rings. The van der Waals surface area contributed by atoms with E-state index >= 15 is 0 Å². The number of anilines is 1. The number of nitrogens with zero attached hydrogens (tertiary/aromatic N) is 4. The molecule has 3 aromatic rings. The van der Waals surface area contributed by atoms with Crippen LogP contribution in [0.2, 0.25) is 0 Å². The van der Waals surface area contributed by atoms with Crippen LogP contribution in [0.3, 0.4) is 0 Å². The minimum atomic E-state index is 0.342. The summed E-state index contributed by atoms with van der Waals surface area (Å²) >= 11 is 3.43. The van der Waals surface area contributed by atoms with Crippen molar-refractivity contribution in [3.63, 3.8) is 0 Å². The summed E-state index contributed by atoms with van der Waals surface area (Å²) in [5.74, 6) is 1.13. The molecule has 3 rings (SSSR count). The van der Waals surface area contributed by atoms with Gasteiger partial charge in [-0.3, -0.25) is 0 Å². The van der Waals surface area contributed by atoms with Crippen LogP contribution >= 0.6 is 15.9 Å². The largest absolute Gasteiger partial charge is 0.399 e. The van der Waals surface area contributed by atoms with Gasteiger partial charge in [-0.2, -0.15) is 4.98 Å². The lowest BCUT2D eigenvalue weighted by molar-refractivity contribution is 0.431. The molecule has 2 heterocycles. The van der Waals surface area contributed by atoms with Crippen LogP contribution in [-0.4, -0.2) is 20.1 Å². The average molecular weight is 332 g/mol. The molecule has 2 aromatic heterocycles. The molecule has 1 aromatic carbocycles. The molecule has 0 saturated heterocycles. The average Bonchev–Trinajstić information content (AvgIpc) is 2.92. The predicted molar refractivity (Wildman–Crippen MR) is 77.6 cm³/mol. The van der Waals surface area contributed by atoms with Crippen molar-refractivity contribution in [3.8, 4) is 23.1 Å². The van der Waals surface area contributed by atoms with Gasteiger partial charge in [0.2, 0.25) is 11.6 Å². The van der Waals surface area contributed by atoms with Gasteiger partial charge in [0.15, 0.2) is 0 Å². The van der Waals surface area contributed by atoms with Gasteiger partial charge in [0.05, 0.1) is 5.56 Å². The summed E-state index contributed by atoms with van der Waals surface area (Å²) in [6.45, 7) is 1.91. The second-order valence-corrected chi connectivity index (χ2v) is 5.10.